The minimum absolute atomic E-state index is 0.388. The van der Waals surface area contributed by atoms with Gasteiger partial charge in [-0.05, 0) is 17.7 Å². The molecule has 0 aliphatic carbocycles. The average molecular weight is 209 g/mol. The quantitative estimate of drug-likeness (QED) is 0.613. The van der Waals surface area contributed by atoms with E-state index in [2.05, 4.69) is 0 Å². The summed E-state index contributed by atoms with van der Waals surface area (Å²) in [5, 5.41) is 8.74. The van der Waals surface area contributed by atoms with Crippen LogP contribution in [0.3, 0.4) is 0 Å². The van der Waals surface area contributed by atoms with E-state index in [1.807, 2.05) is 30.3 Å². The lowest BCUT2D eigenvalue weighted by molar-refractivity contribution is -0.131. The highest BCUT2D eigenvalue weighted by atomic mass is 35.5. The predicted molar refractivity (Wildman–Crippen MR) is 57.0 cm³/mol. The van der Waals surface area contributed by atoms with E-state index < -0.39 is 5.97 Å². The maximum atomic E-state index is 10.2. The Morgan fingerprint density at radius 1 is 1.21 bits per heavy atom. The molecule has 3 heteroatoms. The molecule has 0 aromatic heterocycles. The molecule has 0 radical (unpaired) electrons. The van der Waals surface area contributed by atoms with Gasteiger partial charge < -0.3 is 5.11 Å². The summed E-state index contributed by atoms with van der Waals surface area (Å²) in [5.41, 5.74) is 0.938. The molecule has 14 heavy (non-hydrogen) atoms. The number of allylic oxidation sites excluding steroid dienone is 2. The Labute approximate surface area is 87.1 Å². The summed E-state index contributed by atoms with van der Waals surface area (Å²) in [4.78, 5) is 10.2. The average Bonchev–Trinajstić information content (AvgIpc) is 2.16. The molecule has 0 amide bonds. The Morgan fingerprint density at radius 3 is 2.43 bits per heavy atom. The molecule has 0 atom stereocenters. The molecular formula is C11H9ClO2. The third-order valence-corrected chi connectivity index (χ3v) is 1.72. The Hall–Kier alpha value is -1.54. The first-order valence-corrected chi connectivity index (χ1v) is 4.39. The minimum Gasteiger partial charge on any atom is -0.478 e. The molecule has 1 aromatic carbocycles. The van der Waals surface area contributed by atoms with E-state index >= 15 is 0 Å². The topological polar surface area (TPSA) is 37.3 Å². The van der Waals surface area contributed by atoms with Crippen molar-refractivity contribution in [2.45, 2.75) is 0 Å². The van der Waals surface area contributed by atoms with Crippen molar-refractivity contribution >= 4 is 23.6 Å². The van der Waals surface area contributed by atoms with Crippen molar-refractivity contribution in [2.24, 2.45) is 0 Å². The molecule has 2 nitrogen and oxygen atoms in total. The van der Waals surface area contributed by atoms with Gasteiger partial charge in [0.2, 0.25) is 0 Å². The van der Waals surface area contributed by atoms with Gasteiger partial charge in [0.15, 0.2) is 0 Å². The standard InChI is InChI=1S/C11H9ClO2/c12-10(6-7-11(13)14)8-9-4-2-1-3-5-9/h1-8H,(H,13,14)/b7-6-,10-8-. The predicted octanol–water partition coefficient (Wildman–Crippen LogP) is 2.91. The highest BCUT2D eigenvalue weighted by molar-refractivity contribution is 6.33. The van der Waals surface area contributed by atoms with Crippen molar-refractivity contribution in [3.05, 3.63) is 53.1 Å². The summed E-state index contributed by atoms with van der Waals surface area (Å²) < 4.78 is 0. The molecule has 0 aliphatic heterocycles. The number of hydrogen-bond acceptors (Lipinski definition) is 1. The fraction of sp³-hybridized carbons (Fsp3) is 0. The first-order chi connectivity index (χ1) is 6.68. The van der Waals surface area contributed by atoms with E-state index in [0.29, 0.717) is 5.03 Å². The van der Waals surface area contributed by atoms with Crippen LogP contribution in [-0.2, 0) is 4.79 Å². The number of carboxylic acid groups (broad SMARTS) is 1. The number of halogens is 1. The maximum absolute atomic E-state index is 10.2. The highest BCUT2D eigenvalue weighted by Gasteiger charge is 1.90. The number of hydrogen-bond donors (Lipinski definition) is 1. The number of benzene rings is 1. The Kier molecular flexibility index (Phi) is 3.95. The van der Waals surface area contributed by atoms with Gasteiger partial charge in [-0.2, -0.15) is 0 Å². The van der Waals surface area contributed by atoms with Crippen LogP contribution in [0.25, 0.3) is 6.08 Å². The second kappa shape index (κ2) is 5.25. The van der Waals surface area contributed by atoms with Crippen LogP contribution in [0, 0.1) is 0 Å². The molecule has 0 aliphatic rings. The lowest BCUT2D eigenvalue weighted by Gasteiger charge is -1.91. The largest absolute Gasteiger partial charge is 0.478 e. The summed E-state index contributed by atoms with van der Waals surface area (Å²) in [6, 6.07) is 9.44. The van der Waals surface area contributed by atoms with Gasteiger partial charge in [0.25, 0.3) is 0 Å². The molecule has 0 unspecified atom stereocenters. The van der Waals surface area contributed by atoms with Crippen LogP contribution < -0.4 is 0 Å². The van der Waals surface area contributed by atoms with Crippen LogP contribution in [-0.4, -0.2) is 11.1 Å². The molecule has 1 aromatic rings. The van der Waals surface area contributed by atoms with Crippen molar-refractivity contribution in [3.8, 4) is 0 Å². The summed E-state index contributed by atoms with van der Waals surface area (Å²) in [6.45, 7) is 0. The van der Waals surface area contributed by atoms with Gasteiger partial charge in [-0.3, -0.25) is 0 Å². The van der Waals surface area contributed by atoms with Gasteiger partial charge in [-0.1, -0.05) is 41.9 Å². The Bertz CT molecular complexity index is 366. The maximum Gasteiger partial charge on any atom is 0.328 e. The lowest BCUT2D eigenvalue weighted by atomic mass is 10.2. The van der Waals surface area contributed by atoms with Crippen molar-refractivity contribution in [1.82, 2.24) is 0 Å². The number of aliphatic carboxylic acids is 1. The monoisotopic (exact) mass is 208 g/mol. The fourth-order valence-corrected chi connectivity index (χ4v) is 1.10. The van der Waals surface area contributed by atoms with Crippen LogP contribution in [0.15, 0.2) is 47.5 Å². The molecule has 72 valence electrons. The molecule has 0 saturated carbocycles. The molecule has 0 fully saturated rings. The lowest BCUT2D eigenvalue weighted by Crippen LogP contribution is -1.85. The van der Waals surface area contributed by atoms with Crippen LogP contribution in [0.5, 0.6) is 0 Å². The second-order valence-corrected chi connectivity index (χ2v) is 3.05. The molecule has 0 spiro atoms. The van der Waals surface area contributed by atoms with E-state index in [1.54, 1.807) is 6.08 Å². The second-order valence-electron chi connectivity index (χ2n) is 2.61. The molecule has 0 saturated heterocycles. The SMILES string of the molecule is O=C(O)/C=C\C(Cl)=C\c1ccccc1. The van der Waals surface area contributed by atoms with Gasteiger partial charge in [0.1, 0.15) is 0 Å². The van der Waals surface area contributed by atoms with Crippen molar-refractivity contribution in [1.29, 1.82) is 0 Å². The van der Waals surface area contributed by atoms with Crippen LogP contribution in [0.4, 0.5) is 0 Å². The summed E-state index contributed by atoms with van der Waals surface area (Å²) in [6.07, 6.45) is 4.04. The minimum atomic E-state index is -1.01. The highest BCUT2D eigenvalue weighted by Crippen LogP contribution is 2.10. The van der Waals surface area contributed by atoms with Crippen molar-refractivity contribution in [2.75, 3.05) is 0 Å². The van der Waals surface area contributed by atoms with Crippen LogP contribution >= 0.6 is 11.6 Å². The van der Waals surface area contributed by atoms with Crippen molar-refractivity contribution in [3.63, 3.8) is 0 Å². The Balaban J connectivity index is 2.74. The van der Waals surface area contributed by atoms with E-state index in [0.717, 1.165) is 11.6 Å². The van der Waals surface area contributed by atoms with E-state index in [4.69, 9.17) is 16.7 Å². The molecular weight excluding hydrogens is 200 g/mol. The molecule has 1 N–H and O–H groups in total. The fourth-order valence-electron chi connectivity index (χ4n) is 0.907. The molecule has 1 rings (SSSR count). The number of carboxylic acids is 1. The third kappa shape index (κ3) is 3.92. The summed E-state index contributed by atoms with van der Waals surface area (Å²) in [5.74, 6) is -1.01. The molecule has 0 heterocycles. The van der Waals surface area contributed by atoms with Gasteiger partial charge >= 0.3 is 5.97 Å². The van der Waals surface area contributed by atoms with Gasteiger partial charge in [-0.15, -0.1) is 0 Å². The number of carbonyl (C=O) groups is 1. The Morgan fingerprint density at radius 2 is 1.86 bits per heavy atom. The van der Waals surface area contributed by atoms with Crippen LogP contribution in [0.2, 0.25) is 0 Å². The third-order valence-electron chi connectivity index (χ3n) is 1.49. The van der Waals surface area contributed by atoms with Gasteiger partial charge in [-0.25, -0.2) is 4.79 Å². The number of rotatable bonds is 3. The summed E-state index contributed by atoms with van der Waals surface area (Å²) in [7, 11) is 0. The zero-order valence-electron chi connectivity index (χ0n) is 7.35. The van der Waals surface area contributed by atoms with Gasteiger partial charge in [0.05, 0.1) is 0 Å². The van der Waals surface area contributed by atoms with E-state index in [1.165, 1.54) is 6.08 Å². The smallest absolute Gasteiger partial charge is 0.328 e. The molecule has 0 bridgehead atoms. The van der Waals surface area contributed by atoms with E-state index in [-0.39, 0.29) is 0 Å². The van der Waals surface area contributed by atoms with Gasteiger partial charge in [0, 0.05) is 11.1 Å². The first kappa shape index (κ1) is 10.5. The van der Waals surface area contributed by atoms with E-state index in [9.17, 15) is 4.79 Å². The van der Waals surface area contributed by atoms with Crippen molar-refractivity contribution < 1.29 is 9.90 Å². The zero-order chi connectivity index (χ0) is 10.4. The zero-order valence-corrected chi connectivity index (χ0v) is 8.11. The van der Waals surface area contributed by atoms with Crippen LogP contribution in [0.1, 0.15) is 5.56 Å². The summed E-state index contributed by atoms with van der Waals surface area (Å²) >= 11 is 5.77. The first-order valence-electron chi connectivity index (χ1n) is 4.02. The normalized spacial score (nSPS) is 11.9.